The zero-order valence-electron chi connectivity index (χ0n) is 16.8. The van der Waals surface area contributed by atoms with Gasteiger partial charge >= 0.3 is 5.97 Å². The van der Waals surface area contributed by atoms with Crippen molar-refractivity contribution in [2.45, 2.75) is 44.9 Å². The van der Waals surface area contributed by atoms with Gasteiger partial charge in [0, 0.05) is 17.9 Å². The van der Waals surface area contributed by atoms with E-state index in [0.717, 1.165) is 19.4 Å². The van der Waals surface area contributed by atoms with Gasteiger partial charge in [-0.1, -0.05) is 39.5 Å². The highest BCUT2D eigenvalue weighted by molar-refractivity contribution is 5.89. The van der Waals surface area contributed by atoms with E-state index in [1.165, 1.54) is 11.1 Å². The first-order valence-corrected chi connectivity index (χ1v) is 10.2. The van der Waals surface area contributed by atoms with E-state index >= 15 is 0 Å². The molecule has 0 saturated heterocycles. The zero-order chi connectivity index (χ0) is 20.3. The first-order valence-electron chi connectivity index (χ1n) is 10.2. The van der Waals surface area contributed by atoms with Crippen LogP contribution in [0, 0.1) is 22.7 Å². The van der Waals surface area contributed by atoms with E-state index in [4.69, 9.17) is 4.74 Å². The number of phenolic OH excluding ortho intramolecular Hbond substituents is 1. The topological polar surface area (TPSA) is 75.6 Å². The van der Waals surface area contributed by atoms with Gasteiger partial charge in [-0.25, -0.2) is 0 Å². The molecule has 1 aromatic carbocycles. The Kier molecular flexibility index (Phi) is 4.15. The van der Waals surface area contributed by atoms with Crippen molar-refractivity contribution in [2.75, 3.05) is 13.2 Å². The predicted molar refractivity (Wildman–Crippen MR) is 106 cm³/mol. The van der Waals surface area contributed by atoms with Crippen LogP contribution < -0.4 is 5.32 Å². The molecule has 0 bridgehead atoms. The third-order valence-corrected chi connectivity index (χ3v) is 7.86. The van der Waals surface area contributed by atoms with Crippen LogP contribution in [0.1, 0.15) is 50.7 Å². The number of hydrogen-bond acceptors (Lipinski definition) is 4. The minimum atomic E-state index is -0.316. The van der Waals surface area contributed by atoms with E-state index in [9.17, 15) is 14.7 Å². The normalized spacial score (nSPS) is 39.5. The number of hydrogen-bond donors (Lipinski definition) is 2. The summed E-state index contributed by atoms with van der Waals surface area (Å²) in [5.41, 5.74) is 2.60. The molecule has 28 heavy (non-hydrogen) atoms. The molecule has 6 atom stereocenters. The number of aromatic hydroxyl groups is 1. The standard InChI is InChI=1S/C19H20O3.C4H9NO/c1-4-7-22-16(21)19-10(2)14(19)18-9-17(18,3)13-8-11(20)5-6-12(13)15(18)19;1-2-3-5-4-6/h4-6,8,10,14-15,20H,1,7,9H2,2-3H3;4H,2-3H2,1H3,(H,5,6)/t10?,14-,15?,17?,18?,19+;/m0./s1. The van der Waals surface area contributed by atoms with E-state index in [2.05, 4.69) is 25.7 Å². The van der Waals surface area contributed by atoms with Gasteiger partial charge in [-0.05, 0) is 53.4 Å². The summed E-state index contributed by atoms with van der Waals surface area (Å²) in [6.45, 7) is 11.2. The van der Waals surface area contributed by atoms with Crippen LogP contribution in [0.2, 0.25) is 0 Å². The van der Waals surface area contributed by atoms with E-state index in [0.29, 0.717) is 30.6 Å². The molecule has 0 heterocycles. The van der Waals surface area contributed by atoms with Crippen molar-refractivity contribution in [3.05, 3.63) is 42.0 Å². The van der Waals surface area contributed by atoms with Gasteiger partial charge in [0.1, 0.15) is 12.4 Å². The molecule has 0 aliphatic heterocycles. The maximum atomic E-state index is 12.7. The lowest BCUT2D eigenvalue weighted by Crippen LogP contribution is -2.44. The van der Waals surface area contributed by atoms with Crippen LogP contribution in [0.25, 0.3) is 0 Å². The Morgan fingerprint density at radius 3 is 2.82 bits per heavy atom. The molecule has 4 aliphatic carbocycles. The molecule has 5 heteroatoms. The summed E-state index contributed by atoms with van der Waals surface area (Å²) < 4.78 is 5.45. The number of ether oxygens (including phenoxy) is 1. The molecule has 5 nitrogen and oxygen atoms in total. The number of amides is 1. The monoisotopic (exact) mass is 383 g/mol. The van der Waals surface area contributed by atoms with Crippen molar-refractivity contribution in [1.29, 1.82) is 0 Å². The first kappa shape index (κ1) is 19.0. The number of carbonyl (C=O) groups is 2. The predicted octanol–water partition coefficient (Wildman–Crippen LogP) is 3.27. The Morgan fingerprint density at radius 1 is 1.46 bits per heavy atom. The highest BCUT2D eigenvalue weighted by Crippen LogP contribution is 3.01. The smallest absolute Gasteiger partial charge is 0.313 e. The molecule has 3 saturated carbocycles. The molecule has 2 N–H and O–H groups in total. The SMILES string of the molecule is C=CCOC(=O)[C@]12C(C)[C@H]1C13CC1(C)c1cc(O)ccc1C32.CCCNC=O. The largest absolute Gasteiger partial charge is 0.508 e. The lowest BCUT2D eigenvalue weighted by Gasteiger charge is -2.42. The average molecular weight is 383 g/mol. The zero-order valence-corrected chi connectivity index (χ0v) is 16.8. The Morgan fingerprint density at radius 2 is 2.21 bits per heavy atom. The third-order valence-electron chi connectivity index (χ3n) is 7.86. The van der Waals surface area contributed by atoms with Gasteiger partial charge in [-0.3, -0.25) is 9.59 Å². The summed E-state index contributed by atoms with van der Waals surface area (Å²) >= 11 is 0. The number of fused-ring (bicyclic) bond motifs is 5. The van der Waals surface area contributed by atoms with Gasteiger partial charge in [-0.15, -0.1) is 0 Å². The van der Waals surface area contributed by atoms with Crippen LogP contribution in [0.4, 0.5) is 0 Å². The van der Waals surface area contributed by atoms with E-state index in [-0.39, 0.29) is 28.1 Å². The van der Waals surface area contributed by atoms with Gasteiger partial charge < -0.3 is 15.2 Å². The van der Waals surface area contributed by atoms with E-state index in [1.807, 2.05) is 19.1 Å². The Balaban J connectivity index is 0.000000283. The summed E-state index contributed by atoms with van der Waals surface area (Å²) in [6, 6.07) is 5.69. The molecular weight excluding hydrogens is 354 g/mol. The summed E-state index contributed by atoms with van der Waals surface area (Å²) in [5.74, 6) is 1.40. The van der Waals surface area contributed by atoms with E-state index in [1.54, 1.807) is 12.1 Å². The Bertz CT molecular complexity index is 851. The van der Waals surface area contributed by atoms with Crippen molar-refractivity contribution in [3.63, 3.8) is 0 Å². The van der Waals surface area contributed by atoms with Crippen LogP contribution in [0.5, 0.6) is 5.75 Å². The lowest BCUT2D eigenvalue weighted by atomic mass is 9.60. The minimum absolute atomic E-state index is 0.0456. The summed E-state index contributed by atoms with van der Waals surface area (Å²) in [5, 5.41) is 12.4. The van der Waals surface area contributed by atoms with Crippen LogP contribution in [0.15, 0.2) is 30.9 Å². The Hall–Kier alpha value is -2.30. The number of esters is 1. The van der Waals surface area contributed by atoms with Gasteiger partial charge in [0.25, 0.3) is 0 Å². The minimum Gasteiger partial charge on any atom is -0.508 e. The molecule has 1 amide bonds. The summed E-state index contributed by atoms with van der Waals surface area (Å²) in [4.78, 5) is 22.2. The number of nitrogens with one attached hydrogen (secondary N) is 1. The van der Waals surface area contributed by atoms with Gasteiger partial charge in [0.05, 0.1) is 5.41 Å². The highest BCUT2D eigenvalue weighted by Gasteiger charge is 2.99. The summed E-state index contributed by atoms with van der Waals surface area (Å²) in [6.07, 6.45) is 4.50. The molecule has 150 valence electrons. The molecule has 0 radical (unpaired) electrons. The maximum Gasteiger partial charge on any atom is 0.313 e. The lowest BCUT2D eigenvalue weighted by molar-refractivity contribution is -0.157. The second kappa shape index (κ2) is 6.10. The highest BCUT2D eigenvalue weighted by atomic mass is 16.5. The molecule has 1 spiro atoms. The Labute approximate surface area is 166 Å². The van der Waals surface area contributed by atoms with Crippen molar-refractivity contribution in [2.24, 2.45) is 22.7 Å². The average Bonchev–Trinajstić information content (AvgIpc) is 3.47. The van der Waals surface area contributed by atoms with Crippen molar-refractivity contribution < 1.29 is 19.4 Å². The van der Waals surface area contributed by atoms with Crippen molar-refractivity contribution in [3.8, 4) is 5.75 Å². The second-order valence-electron chi connectivity index (χ2n) is 8.91. The quantitative estimate of drug-likeness (QED) is 0.342. The van der Waals surface area contributed by atoms with Crippen molar-refractivity contribution in [1.82, 2.24) is 5.32 Å². The maximum absolute atomic E-state index is 12.7. The third kappa shape index (κ3) is 1.97. The van der Waals surface area contributed by atoms with Crippen LogP contribution in [-0.4, -0.2) is 30.6 Å². The number of benzene rings is 1. The second-order valence-corrected chi connectivity index (χ2v) is 8.91. The number of rotatable bonds is 6. The molecule has 3 fully saturated rings. The number of carbonyl (C=O) groups excluding carboxylic acids is 2. The molecule has 4 aliphatic rings. The van der Waals surface area contributed by atoms with Crippen LogP contribution in [-0.2, 0) is 19.7 Å². The number of phenols is 1. The van der Waals surface area contributed by atoms with Crippen molar-refractivity contribution >= 4 is 12.4 Å². The van der Waals surface area contributed by atoms with Crippen LogP contribution >= 0.6 is 0 Å². The van der Waals surface area contributed by atoms with Gasteiger partial charge in [-0.2, -0.15) is 0 Å². The molecule has 0 aromatic heterocycles. The van der Waals surface area contributed by atoms with Gasteiger partial charge in [0.15, 0.2) is 0 Å². The fraction of sp³-hybridized carbons (Fsp3) is 0.565. The van der Waals surface area contributed by atoms with Crippen LogP contribution in [0.3, 0.4) is 0 Å². The molecule has 5 rings (SSSR count). The molecule has 4 unspecified atom stereocenters. The summed E-state index contributed by atoms with van der Waals surface area (Å²) in [7, 11) is 0. The molecule has 1 aromatic rings. The molecular formula is C23H29NO4. The fourth-order valence-corrected chi connectivity index (χ4v) is 6.87. The fourth-order valence-electron chi connectivity index (χ4n) is 6.87. The first-order chi connectivity index (χ1) is 13.4. The van der Waals surface area contributed by atoms with E-state index < -0.39 is 0 Å². The van der Waals surface area contributed by atoms with Gasteiger partial charge in [0.2, 0.25) is 6.41 Å².